The van der Waals surface area contributed by atoms with E-state index in [1.165, 1.54) is 0 Å². The summed E-state index contributed by atoms with van der Waals surface area (Å²) < 4.78 is 25.9. The van der Waals surface area contributed by atoms with Crippen molar-refractivity contribution in [3.63, 3.8) is 0 Å². The first-order chi connectivity index (χ1) is 1.73. The van der Waals surface area contributed by atoms with E-state index in [1.54, 1.807) is 0 Å². The molecule has 5 heavy (non-hydrogen) atoms. The van der Waals surface area contributed by atoms with Crippen LogP contribution in [-0.2, 0) is 33.7 Å². The first-order valence-electron chi connectivity index (χ1n) is 0.707. The van der Waals surface area contributed by atoms with Gasteiger partial charge in [0.05, 0.1) is 0 Å². The molecule has 5 heteroatoms. The van der Waals surface area contributed by atoms with Crippen molar-refractivity contribution >= 4 is 17.4 Å². The second kappa shape index (κ2) is 5.04. The third-order valence-electron chi connectivity index (χ3n) is 0. The van der Waals surface area contributed by atoms with Gasteiger partial charge in [-0.05, 0) is 0 Å². The molecule has 0 spiro atoms. The molecular formula is H3AlO3Y. The molecule has 0 aromatic heterocycles. The van der Waals surface area contributed by atoms with Crippen LogP contribution in [0.4, 0.5) is 0 Å². The van der Waals surface area contributed by atoms with Gasteiger partial charge in [0.2, 0.25) is 0 Å². The maximum atomic E-state index is 8.63. The summed E-state index contributed by atoms with van der Waals surface area (Å²) in [5.41, 5.74) is 0. The molecule has 27 valence electrons. The molecule has 0 fully saturated rings. The van der Waals surface area contributed by atoms with Gasteiger partial charge in [0.1, 0.15) is 0 Å². The zero-order valence-corrected chi connectivity index (χ0v) is 4.64. The molecule has 3 nitrogen and oxygen atoms in total. The third kappa shape index (κ3) is 43.2. The Bertz CT molecular complexity index is 76.3. The number of hydrogen-bond acceptors (Lipinski definition) is 3. The van der Waals surface area contributed by atoms with Crippen LogP contribution < -0.4 is 0 Å². The summed E-state index contributed by atoms with van der Waals surface area (Å²) in [6.07, 6.45) is 0. The van der Waals surface area contributed by atoms with Gasteiger partial charge in [-0.3, -0.25) is 0 Å². The normalized spacial score (nSPS) is 3.00. The average Bonchev–Trinajstić information content (AvgIpc) is 0.811. The summed E-state index contributed by atoms with van der Waals surface area (Å²) in [6, 6.07) is 0. The Morgan fingerprint density at radius 1 is 1.00 bits per heavy atom. The fourth-order valence-corrected chi connectivity index (χ4v) is 0. The molecular weight excluding hydrogens is 164 g/mol. The Morgan fingerprint density at radius 3 is 1.00 bits per heavy atom. The number of rotatable bonds is 0. The summed E-state index contributed by atoms with van der Waals surface area (Å²) in [5.74, 6) is 0. The van der Waals surface area contributed by atoms with Crippen LogP contribution in [0.25, 0.3) is 0 Å². The van der Waals surface area contributed by atoms with Crippen LogP contribution in [0.1, 0.15) is 0 Å². The van der Waals surface area contributed by atoms with Crippen molar-refractivity contribution < 1.29 is 33.7 Å². The van der Waals surface area contributed by atoms with Gasteiger partial charge in [-0.1, -0.05) is 0 Å². The van der Waals surface area contributed by atoms with Crippen LogP contribution in [0.2, 0.25) is 0 Å². The van der Waals surface area contributed by atoms with Crippen molar-refractivity contribution in [3.05, 3.63) is 0 Å². The zero-order valence-electron chi connectivity index (χ0n) is 1.80. The van der Waals surface area contributed by atoms with Gasteiger partial charge in [0.15, 0.2) is 17.4 Å². The van der Waals surface area contributed by atoms with E-state index < -0.39 is 27.6 Å². The molecule has 0 saturated heterocycles. The Balaban J connectivity index is 0. The van der Waals surface area contributed by atoms with E-state index in [9.17, 15) is 0 Å². The minimum atomic E-state index is -4.39. The van der Waals surface area contributed by atoms with Gasteiger partial charge in [0.25, 0.3) is 0 Å². The van der Waals surface area contributed by atoms with Gasteiger partial charge in [-0.2, -0.15) is 0 Å². The van der Waals surface area contributed by atoms with Crippen LogP contribution in [0.5, 0.6) is 0 Å². The number of hydrogen-bond donors (Lipinski definition) is 0. The molecule has 0 unspecified atom stereocenters. The Morgan fingerprint density at radius 2 is 1.00 bits per heavy atom. The second-order valence-corrected chi connectivity index (χ2v) is 1.71. The molecule has 0 bridgehead atoms. The molecule has 0 saturated carbocycles. The van der Waals surface area contributed by atoms with Crippen molar-refractivity contribution in [1.29, 1.82) is 0 Å². The van der Waals surface area contributed by atoms with E-state index in [4.69, 9.17) is 6.13 Å². The van der Waals surface area contributed by atoms with E-state index in [1.807, 2.05) is 0 Å². The summed E-state index contributed by atoms with van der Waals surface area (Å²) in [5, 5.41) is 0. The van der Waals surface area contributed by atoms with Gasteiger partial charge in [-0.15, -0.1) is 0 Å². The van der Waals surface area contributed by atoms with Crippen molar-refractivity contribution in [2.24, 2.45) is 0 Å². The van der Waals surface area contributed by atoms with Crippen molar-refractivity contribution in [2.45, 2.75) is 0 Å². The fraction of sp³-hybridized carbons (Fsp3) is 0. The molecule has 0 heterocycles. The maximum absolute atomic E-state index is 8.63. The molecule has 0 aliphatic rings. The van der Waals surface area contributed by atoms with Crippen LogP contribution in [-0.4, -0.2) is 17.4 Å². The van der Waals surface area contributed by atoms with Crippen molar-refractivity contribution in [3.8, 4) is 0 Å². The quantitative estimate of drug-likeness (QED) is 0.410. The van der Waals surface area contributed by atoms with Gasteiger partial charge < -0.3 is 0 Å². The monoisotopic (exact) mass is 167 g/mol. The minimum absolute atomic E-state index is 0. The topological polar surface area (TPSA) is 51.2 Å². The van der Waals surface area contributed by atoms with Crippen molar-refractivity contribution in [1.82, 2.24) is 0 Å². The predicted octanol–water partition coefficient (Wildman–Crippen LogP) is -1.54. The molecule has 0 radical (unpaired) electrons. The van der Waals surface area contributed by atoms with Crippen LogP contribution in [0, 0.1) is 0 Å². The van der Waals surface area contributed by atoms with Crippen LogP contribution in [0.15, 0.2) is 0 Å². The van der Waals surface area contributed by atoms with E-state index in [2.05, 4.69) is 0 Å². The van der Waals surface area contributed by atoms with Crippen LogP contribution in [0.3, 0.4) is 0 Å². The average molecular weight is 167 g/mol. The second-order valence-electron chi connectivity index (χ2n) is 0.289. The molecule has 0 aliphatic heterocycles. The predicted molar refractivity (Wildman–Crippen MR) is 12.0 cm³/mol. The van der Waals surface area contributed by atoms with E-state index >= 15 is 0 Å². The first-order valence-corrected chi connectivity index (χ1v) is 4.18. The summed E-state index contributed by atoms with van der Waals surface area (Å²) >= 11 is -4.39. The van der Waals surface area contributed by atoms with Gasteiger partial charge >= 0.3 is 33.7 Å². The molecule has 0 N–H and O–H groups in total. The first kappa shape index (κ1) is 9.40. The Labute approximate surface area is 50.7 Å². The van der Waals surface area contributed by atoms with E-state index in [0.717, 1.165) is 0 Å². The molecule has 0 atom stereocenters. The molecule has 0 rings (SSSR count). The van der Waals surface area contributed by atoms with E-state index in [0.29, 0.717) is 0 Å². The van der Waals surface area contributed by atoms with Crippen LogP contribution >= 0.6 is 0 Å². The summed E-state index contributed by atoms with van der Waals surface area (Å²) in [6.45, 7) is 0. The van der Waals surface area contributed by atoms with Crippen molar-refractivity contribution in [2.75, 3.05) is 0 Å². The van der Waals surface area contributed by atoms with E-state index in [-0.39, 0.29) is 17.4 Å². The van der Waals surface area contributed by atoms with Gasteiger partial charge in [0, 0.05) is 0 Å². The summed E-state index contributed by atoms with van der Waals surface area (Å²) in [4.78, 5) is 0. The third-order valence-corrected chi connectivity index (χ3v) is 0. The Hall–Kier alpha value is 1.04. The molecule has 0 aromatic rings. The summed E-state index contributed by atoms with van der Waals surface area (Å²) in [7, 11) is 0. The van der Waals surface area contributed by atoms with Gasteiger partial charge in [-0.25, -0.2) is 0 Å². The zero-order chi connectivity index (χ0) is 3.58. The molecule has 0 aromatic carbocycles. The Kier molecular flexibility index (Phi) is 9.47. The molecule has 0 aliphatic carbocycles. The fourth-order valence-electron chi connectivity index (χ4n) is 0. The standard InChI is InChI=1S/Al.3O.Y.3H. The SMILES string of the molecule is [AlH3].[O]=[Y](=[O])=[O]. The molecule has 0 amide bonds.